The first-order valence-corrected chi connectivity index (χ1v) is 11.7. The highest BCUT2D eigenvalue weighted by Gasteiger charge is 2.31. The maximum atomic E-state index is 15.0. The van der Waals surface area contributed by atoms with Crippen molar-refractivity contribution < 1.29 is 27.4 Å². The lowest BCUT2D eigenvalue weighted by molar-refractivity contribution is -0.140. The van der Waals surface area contributed by atoms with Crippen molar-refractivity contribution in [3.05, 3.63) is 95.8 Å². The summed E-state index contributed by atoms with van der Waals surface area (Å²) >= 11 is 0. The fourth-order valence-corrected chi connectivity index (χ4v) is 4.49. The van der Waals surface area contributed by atoms with Crippen LogP contribution >= 0.6 is 0 Å². The molecular formula is C29H27F3O3. The van der Waals surface area contributed by atoms with Crippen LogP contribution in [0.1, 0.15) is 42.7 Å². The summed E-state index contributed by atoms with van der Waals surface area (Å²) in [6.07, 6.45) is 3.52. The fraction of sp³-hybridized carbons (Fsp3) is 0.276. The van der Waals surface area contributed by atoms with Crippen LogP contribution in [-0.4, -0.2) is 12.6 Å². The van der Waals surface area contributed by atoms with E-state index in [1.807, 2.05) is 19.1 Å². The summed E-state index contributed by atoms with van der Waals surface area (Å²) < 4.78 is 54.5. The Bertz CT molecular complexity index is 1210. The van der Waals surface area contributed by atoms with Gasteiger partial charge in [-0.2, -0.15) is 0 Å². The Kier molecular flexibility index (Phi) is 7.59. The molecular weight excluding hydrogens is 453 g/mol. The Morgan fingerprint density at radius 2 is 1.69 bits per heavy atom. The van der Waals surface area contributed by atoms with Crippen LogP contribution in [0.4, 0.5) is 13.2 Å². The summed E-state index contributed by atoms with van der Waals surface area (Å²) in [6, 6.07) is 14.5. The highest BCUT2D eigenvalue weighted by molar-refractivity contribution is 5.75. The van der Waals surface area contributed by atoms with Crippen molar-refractivity contribution in [1.82, 2.24) is 0 Å². The molecule has 1 fully saturated rings. The van der Waals surface area contributed by atoms with E-state index in [9.17, 15) is 18.0 Å². The molecule has 4 rings (SSSR count). The molecule has 0 bridgehead atoms. The predicted octanol–water partition coefficient (Wildman–Crippen LogP) is 7.52. The van der Waals surface area contributed by atoms with Gasteiger partial charge in [0.25, 0.3) is 0 Å². The van der Waals surface area contributed by atoms with E-state index in [1.54, 1.807) is 24.3 Å². The molecule has 3 aromatic carbocycles. The van der Waals surface area contributed by atoms with Crippen LogP contribution in [0.2, 0.25) is 0 Å². The largest absolute Gasteiger partial charge is 0.486 e. The van der Waals surface area contributed by atoms with Gasteiger partial charge in [-0.15, -0.1) is 0 Å². The van der Waals surface area contributed by atoms with Crippen molar-refractivity contribution in [3.63, 3.8) is 0 Å². The van der Waals surface area contributed by atoms with Gasteiger partial charge in [-0.1, -0.05) is 54.6 Å². The van der Waals surface area contributed by atoms with Crippen molar-refractivity contribution in [1.29, 1.82) is 0 Å². The number of aryl methyl sites for hydroxylation is 1. The van der Waals surface area contributed by atoms with E-state index in [2.05, 4.69) is 6.58 Å². The molecule has 3 nitrogen and oxygen atoms in total. The van der Waals surface area contributed by atoms with E-state index in [4.69, 9.17) is 9.47 Å². The molecule has 35 heavy (non-hydrogen) atoms. The fourth-order valence-electron chi connectivity index (χ4n) is 4.49. The van der Waals surface area contributed by atoms with Gasteiger partial charge in [0.1, 0.15) is 12.4 Å². The lowest BCUT2D eigenvalue weighted by atomic mass is 9.78. The Morgan fingerprint density at radius 3 is 2.34 bits per heavy atom. The Morgan fingerprint density at radius 1 is 0.971 bits per heavy atom. The Labute approximate surface area is 203 Å². The monoisotopic (exact) mass is 480 g/mol. The molecule has 1 saturated carbocycles. The zero-order chi connectivity index (χ0) is 24.9. The third-order valence-corrected chi connectivity index (χ3v) is 6.45. The van der Waals surface area contributed by atoms with Crippen molar-refractivity contribution >= 4 is 5.97 Å². The second-order valence-corrected chi connectivity index (χ2v) is 8.86. The average molecular weight is 481 g/mol. The zero-order valence-corrected chi connectivity index (χ0v) is 19.5. The van der Waals surface area contributed by atoms with Crippen molar-refractivity contribution in [2.45, 2.75) is 38.5 Å². The van der Waals surface area contributed by atoms with Gasteiger partial charge >= 0.3 is 5.97 Å². The predicted molar refractivity (Wildman–Crippen MR) is 129 cm³/mol. The van der Waals surface area contributed by atoms with Gasteiger partial charge in [0.05, 0.1) is 5.92 Å². The average Bonchev–Trinajstić information content (AvgIpc) is 2.86. The number of halogens is 3. The summed E-state index contributed by atoms with van der Waals surface area (Å²) in [6.45, 7) is 5.61. The molecule has 0 unspecified atom stereocenters. The van der Waals surface area contributed by atoms with Crippen LogP contribution in [0.25, 0.3) is 11.1 Å². The van der Waals surface area contributed by atoms with Crippen LogP contribution in [0.3, 0.4) is 0 Å². The lowest BCUT2D eigenvalue weighted by Gasteiger charge is -2.28. The van der Waals surface area contributed by atoms with Gasteiger partial charge in [-0.05, 0) is 61.8 Å². The van der Waals surface area contributed by atoms with E-state index < -0.39 is 23.4 Å². The van der Waals surface area contributed by atoms with Crippen molar-refractivity contribution in [3.8, 4) is 22.6 Å². The van der Waals surface area contributed by atoms with Gasteiger partial charge in [-0.25, -0.2) is 13.2 Å². The first kappa shape index (κ1) is 24.6. The number of carbonyl (C=O) groups excluding carboxylic acids is 1. The minimum atomic E-state index is -0.851. The van der Waals surface area contributed by atoms with Gasteiger partial charge < -0.3 is 9.47 Å². The number of rotatable bonds is 7. The number of ether oxygens (including phenoxy) is 2. The Balaban J connectivity index is 1.38. The first-order valence-electron chi connectivity index (χ1n) is 11.7. The number of benzene rings is 3. The molecule has 0 radical (unpaired) electrons. The molecule has 0 saturated heterocycles. The maximum absolute atomic E-state index is 15.0. The summed E-state index contributed by atoms with van der Waals surface area (Å²) in [5.41, 5.74) is 2.24. The minimum absolute atomic E-state index is 0.0489. The van der Waals surface area contributed by atoms with E-state index in [0.717, 1.165) is 11.6 Å². The summed E-state index contributed by atoms with van der Waals surface area (Å²) in [4.78, 5) is 12.6. The second kappa shape index (κ2) is 10.8. The van der Waals surface area contributed by atoms with Gasteiger partial charge in [0, 0.05) is 11.6 Å². The van der Waals surface area contributed by atoms with Gasteiger partial charge in [-0.3, -0.25) is 4.79 Å². The van der Waals surface area contributed by atoms with E-state index in [0.29, 0.717) is 36.8 Å². The van der Waals surface area contributed by atoms with E-state index in [-0.39, 0.29) is 35.5 Å². The molecule has 0 aliphatic heterocycles. The van der Waals surface area contributed by atoms with Crippen molar-refractivity contribution in [2.75, 3.05) is 6.61 Å². The van der Waals surface area contributed by atoms with E-state index >= 15 is 0 Å². The molecule has 1 aliphatic carbocycles. The SMILES string of the molecule is C=CCOc1ccc(OC(=O)C2CCC(c3ccc(-c4ccc(C)cc4)c(F)c3F)CC2)cc1F. The van der Waals surface area contributed by atoms with E-state index in [1.165, 1.54) is 18.2 Å². The Hall–Kier alpha value is -3.54. The molecule has 0 atom stereocenters. The summed E-state index contributed by atoms with van der Waals surface area (Å²) in [5.74, 6) is -3.19. The zero-order valence-electron chi connectivity index (χ0n) is 19.5. The maximum Gasteiger partial charge on any atom is 0.314 e. The number of hydrogen-bond donors (Lipinski definition) is 0. The molecule has 0 heterocycles. The van der Waals surface area contributed by atoms with Gasteiger partial charge in [0.2, 0.25) is 0 Å². The molecule has 0 N–H and O–H groups in total. The topological polar surface area (TPSA) is 35.5 Å². The van der Waals surface area contributed by atoms with Crippen LogP contribution in [-0.2, 0) is 4.79 Å². The third kappa shape index (κ3) is 5.59. The molecule has 0 amide bonds. The molecule has 182 valence electrons. The van der Waals surface area contributed by atoms with Crippen LogP contribution in [0, 0.1) is 30.3 Å². The normalized spacial score (nSPS) is 17.6. The number of hydrogen-bond acceptors (Lipinski definition) is 3. The first-order chi connectivity index (χ1) is 16.9. The minimum Gasteiger partial charge on any atom is -0.486 e. The smallest absolute Gasteiger partial charge is 0.314 e. The molecule has 0 spiro atoms. The molecule has 0 aromatic heterocycles. The third-order valence-electron chi connectivity index (χ3n) is 6.45. The van der Waals surface area contributed by atoms with Crippen LogP contribution in [0.5, 0.6) is 11.5 Å². The molecule has 3 aromatic rings. The van der Waals surface area contributed by atoms with Crippen LogP contribution in [0.15, 0.2) is 67.3 Å². The molecule has 6 heteroatoms. The van der Waals surface area contributed by atoms with Crippen molar-refractivity contribution in [2.24, 2.45) is 5.92 Å². The quantitative estimate of drug-likeness (QED) is 0.199. The highest BCUT2D eigenvalue weighted by Crippen LogP contribution is 2.39. The number of esters is 1. The highest BCUT2D eigenvalue weighted by atomic mass is 19.2. The van der Waals surface area contributed by atoms with Gasteiger partial charge in [0.15, 0.2) is 23.2 Å². The number of carbonyl (C=O) groups is 1. The standard InChI is InChI=1S/C29H27F3O3/c1-3-16-34-26-15-12-22(17-25(26)30)35-29(33)21-10-8-20(9-11-21)24-14-13-23(27(31)28(24)32)19-6-4-18(2)5-7-19/h3-7,12-15,17,20-21H,1,8-11,16H2,2H3. The second-order valence-electron chi connectivity index (χ2n) is 8.86. The van der Waals surface area contributed by atoms with Crippen LogP contribution < -0.4 is 9.47 Å². The summed E-state index contributed by atoms with van der Waals surface area (Å²) in [7, 11) is 0. The molecule has 1 aliphatic rings. The lowest BCUT2D eigenvalue weighted by Crippen LogP contribution is -2.25. The summed E-state index contributed by atoms with van der Waals surface area (Å²) in [5, 5.41) is 0.